The molecule has 0 atom stereocenters. The molecule has 3 rings (SSSR count). The summed E-state index contributed by atoms with van der Waals surface area (Å²) in [7, 11) is 0.0856. The first-order chi connectivity index (χ1) is 8.45. The van der Waals surface area contributed by atoms with Crippen molar-refractivity contribution in [3.63, 3.8) is 0 Å². The maximum atomic E-state index is 2.89. The molecule has 0 N–H and O–H groups in total. The highest BCUT2D eigenvalue weighted by atomic mass is 31.1. The minimum atomic E-state index is 0.0856. The highest BCUT2D eigenvalue weighted by Gasteiger charge is 2.35. The van der Waals surface area contributed by atoms with Crippen LogP contribution < -0.4 is 0 Å². The molecule has 1 aliphatic carbocycles. The molecule has 2 saturated heterocycles. The van der Waals surface area contributed by atoms with Gasteiger partial charge in [0.1, 0.15) is 0 Å². The molecule has 0 spiro atoms. The van der Waals surface area contributed by atoms with Gasteiger partial charge in [0.2, 0.25) is 0 Å². The summed E-state index contributed by atoms with van der Waals surface area (Å²) in [4.78, 5) is 0. The predicted octanol–water partition coefficient (Wildman–Crippen LogP) is 3.82. The molecule has 0 radical (unpaired) electrons. The Morgan fingerprint density at radius 1 is 0.588 bits per heavy atom. The van der Waals surface area contributed by atoms with Crippen molar-refractivity contribution in [1.82, 2.24) is 9.34 Å². The second-order valence-corrected chi connectivity index (χ2v) is 8.44. The molecule has 3 aliphatic rings. The maximum Gasteiger partial charge on any atom is 0.0427 e. The number of rotatable bonds is 3. The van der Waals surface area contributed by atoms with E-state index in [2.05, 4.69) is 9.34 Å². The van der Waals surface area contributed by atoms with Gasteiger partial charge in [0.05, 0.1) is 0 Å². The molecule has 3 heteroatoms. The Morgan fingerprint density at radius 3 is 1.53 bits per heavy atom. The second kappa shape index (κ2) is 5.99. The van der Waals surface area contributed by atoms with Gasteiger partial charge in [-0.05, 0) is 38.5 Å². The van der Waals surface area contributed by atoms with Crippen LogP contribution in [0.5, 0.6) is 0 Å². The highest BCUT2D eigenvalue weighted by molar-refractivity contribution is 7.53. The Hall–Kier alpha value is 0.350. The van der Waals surface area contributed by atoms with Gasteiger partial charge in [-0.15, -0.1) is 0 Å². The molecule has 2 nitrogen and oxygen atoms in total. The van der Waals surface area contributed by atoms with E-state index in [1.54, 1.807) is 0 Å². The zero-order valence-electron chi connectivity index (χ0n) is 11.1. The van der Waals surface area contributed by atoms with E-state index < -0.39 is 0 Å². The molecule has 0 unspecified atom stereocenters. The molecule has 1 saturated carbocycles. The highest BCUT2D eigenvalue weighted by Crippen LogP contribution is 2.55. The van der Waals surface area contributed by atoms with Gasteiger partial charge in [-0.2, -0.15) is 0 Å². The molecule has 0 bridgehead atoms. The summed E-state index contributed by atoms with van der Waals surface area (Å²) in [6.45, 7) is 5.61. The van der Waals surface area contributed by atoms with Gasteiger partial charge in [-0.1, -0.05) is 19.3 Å². The van der Waals surface area contributed by atoms with Gasteiger partial charge in [0, 0.05) is 40.1 Å². The minimum Gasteiger partial charge on any atom is -0.270 e. The average molecular weight is 254 g/mol. The van der Waals surface area contributed by atoms with Crippen molar-refractivity contribution >= 4 is 8.22 Å². The Kier molecular flexibility index (Phi) is 4.37. The van der Waals surface area contributed by atoms with Crippen LogP contribution in [0.25, 0.3) is 0 Å². The SMILES string of the molecule is C1CCC(P(N2CCCC2)N2CCCC2)CC1. The third-order valence-electron chi connectivity index (χ3n) is 4.65. The largest absolute Gasteiger partial charge is 0.270 e. The normalized spacial score (nSPS) is 29.5. The van der Waals surface area contributed by atoms with Crippen molar-refractivity contribution in [2.75, 3.05) is 26.2 Å². The minimum absolute atomic E-state index is 0.0856. The van der Waals surface area contributed by atoms with E-state index >= 15 is 0 Å². The van der Waals surface area contributed by atoms with Crippen molar-refractivity contribution in [1.29, 1.82) is 0 Å². The van der Waals surface area contributed by atoms with Crippen LogP contribution in [-0.2, 0) is 0 Å². The first kappa shape index (κ1) is 12.4. The number of nitrogens with zero attached hydrogens (tertiary/aromatic N) is 2. The fourth-order valence-corrected chi connectivity index (χ4v) is 7.26. The van der Waals surface area contributed by atoms with Gasteiger partial charge in [0.15, 0.2) is 0 Å². The smallest absolute Gasteiger partial charge is 0.0427 e. The molecule has 0 aromatic carbocycles. The summed E-state index contributed by atoms with van der Waals surface area (Å²) in [5.74, 6) is 0. The van der Waals surface area contributed by atoms with E-state index in [9.17, 15) is 0 Å². The van der Waals surface area contributed by atoms with Crippen molar-refractivity contribution in [2.45, 2.75) is 63.4 Å². The van der Waals surface area contributed by atoms with Crippen molar-refractivity contribution < 1.29 is 0 Å². The van der Waals surface area contributed by atoms with Gasteiger partial charge in [-0.25, -0.2) is 0 Å². The van der Waals surface area contributed by atoms with Crippen LogP contribution in [0.2, 0.25) is 0 Å². The standard InChI is InChI=1S/C14H27N2P/c1-2-8-14(9-3-1)17(15-10-4-5-11-15)16-12-6-7-13-16/h14H,1-13H2. The predicted molar refractivity (Wildman–Crippen MR) is 75.4 cm³/mol. The van der Waals surface area contributed by atoms with E-state index in [-0.39, 0.29) is 8.22 Å². The Labute approximate surface area is 108 Å². The van der Waals surface area contributed by atoms with Crippen LogP contribution in [0.4, 0.5) is 0 Å². The Balaban J connectivity index is 1.69. The van der Waals surface area contributed by atoms with Crippen LogP contribution in [0.1, 0.15) is 57.8 Å². The van der Waals surface area contributed by atoms with Crippen molar-refractivity contribution in [3.05, 3.63) is 0 Å². The molecular weight excluding hydrogens is 227 g/mol. The first-order valence-corrected chi connectivity index (χ1v) is 9.06. The molecule has 3 fully saturated rings. The summed E-state index contributed by atoms with van der Waals surface area (Å²) in [6, 6.07) is 0. The van der Waals surface area contributed by atoms with E-state index in [1.807, 2.05) is 0 Å². The van der Waals surface area contributed by atoms with Crippen LogP contribution in [0.15, 0.2) is 0 Å². The van der Waals surface area contributed by atoms with Gasteiger partial charge in [0.25, 0.3) is 0 Å². The first-order valence-electron chi connectivity index (χ1n) is 7.74. The van der Waals surface area contributed by atoms with E-state index in [4.69, 9.17) is 0 Å². The van der Waals surface area contributed by atoms with Crippen LogP contribution in [0, 0.1) is 0 Å². The average Bonchev–Trinajstić information content (AvgIpc) is 3.04. The number of hydrogen-bond acceptors (Lipinski definition) is 2. The molecule has 2 heterocycles. The lowest BCUT2D eigenvalue weighted by molar-refractivity contribution is 0.428. The summed E-state index contributed by atoms with van der Waals surface area (Å²) in [6.07, 6.45) is 13.4. The van der Waals surface area contributed by atoms with Crippen molar-refractivity contribution in [2.24, 2.45) is 0 Å². The van der Waals surface area contributed by atoms with Crippen molar-refractivity contribution in [3.8, 4) is 0 Å². The summed E-state index contributed by atoms with van der Waals surface area (Å²) < 4.78 is 5.77. The fraction of sp³-hybridized carbons (Fsp3) is 1.00. The summed E-state index contributed by atoms with van der Waals surface area (Å²) in [5, 5.41) is 0. The molecule has 0 amide bonds. The van der Waals surface area contributed by atoms with Gasteiger partial charge >= 0.3 is 0 Å². The van der Waals surface area contributed by atoms with E-state index in [0.29, 0.717) is 0 Å². The lowest BCUT2D eigenvalue weighted by Crippen LogP contribution is -2.32. The monoisotopic (exact) mass is 254 g/mol. The summed E-state index contributed by atoms with van der Waals surface area (Å²) >= 11 is 0. The van der Waals surface area contributed by atoms with Crippen LogP contribution >= 0.6 is 8.22 Å². The topological polar surface area (TPSA) is 6.48 Å². The molecular formula is C14H27N2P. The second-order valence-electron chi connectivity index (χ2n) is 5.93. The van der Waals surface area contributed by atoms with E-state index in [1.165, 1.54) is 84.0 Å². The Morgan fingerprint density at radius 2 is 1.06 bits per heavy atom. The zero-order chi connectivity index (χ0) is 11.5. The molecule has 17 heavy (non-hydrogen) atoms. The van der Waals surface area contributed by atoms with Gasteiger partial charge in [-0.3, -0.25) is 9.34 Å². The van der Waals surface area contributed by atoms with Crippen LogP contribution in [0.3, 0.4) is 0 Å². The third kappa shape index (κ3) is 2.85. The molecule has 0 aromatic rings. The lowest BCUT2D eigenvalue weighted by atomic mass is 10.0. The summed E-state index contributed by atoms with van der Waals surface area (Å²) in [5.41, 5.74) is 1.05. The molecule has 2 aliphatic heterocycles. The third-order valence-corrected chi connectivity index (χ3v) is 7.77. The van der Waals surface area contributed by atoms with Gasteiger partial charge < -0.3 is 0 Å². The lowest BCUT2D eigenvalue weighted by Gasteiger charge is -2.41. The number of hydrogen-bond donors (Lipinski definition) is 0. The fourth-order valence-electron chi connectivity index (χ4n) is 3.76. The quantitative estimate of drug-likeness (QED) is 0.706. The maximum absolute atomic E-state index is 2.89. The molecule has 98 valence electrons. The zero-order valence-corrected chi connectivity index (χ0v) is 12.0. The molecule has 0 aromatic heterocycles. The van der Waals surface area contributed by atoms with Crippen LogP contribution in [-0.4, -0.2) is 41.2 Å². The van der Waals surface area contributed by atoms with E-state index in [0.717, 1.165) is 5.66 Å². The Bertz CT molecular complexity index is 212.